The average Bonchev–Trinajstić information content (AvgIpc) is 3.24. The first-order chi connectivity index (χ1) is 17.0. The number of nitrogens with zero attached hydrogens (tertiary/aromatic N) is 1. The lowest BCUT2D eigenvalue weighted by Crippen LogP contribution is -2.51. The lowest BCUT2D eigenvalue weighted by atomic mass is 9.90. The van der Waals surface area contributed by atoms with Gasteiger partial charge >= 0.3 is 12.3 Å². The summed E-state index contributed by atoms with van der Waals surface area (Å²) in [5.74, 6) is -0.855. The number of hydrogen-bond donors (Lipinski definition) is 1. The van der Waals surface area contributed by atoms with Crippen LogP contribution in [0.25, 0.3) is 0 Å². The van der Waals surface area contributed by atoms with Crippen LogP contribution in [0.1, 0.15) is 74.2 Å². The van der Waals surface area contributed by atoms with Crippen LogP contribution in [-0.2, 0) is 17.7 Å². The highest BCUT2D eigenvalue weighted by molar-refractivity contribution is 5.69. The standard InChI is InChI=1S/C28H35F3N2O3/c1-27(2,3)36-26(34)33-14-8-11-23(25(33)18-9-6-5-7-10-18)32-17-20-15-21-19(16-24(20)35-4)12-13-22(21)28(29,30)31/h5-7,9-10,15-16,22-23,25,32H,8,11-14,17H2,1-4H3/t22-,23-,25-/m0/s1. The summed E-state index contributed by atoms with van der Waals surface area (Å²) in [5, 5.41) is 3.54. The molecule has 0 saturated carbocycles. The number of nitrogens with one attached hydrogen (secondary N) is 1. The van der Waals surface area contributed by atoms with Crippen molar-refractivity contribution in [2.24, 2.45) is 0 Å². The van der Waals surface area contributed by atoms with E-state index in [-0.39, 0.29) is 24.6 Å². The van der Waals surface area contributed by atoms with Crippen LogP contribution >= 0.6 is 0 Å². The van der Waals surface area contributed by atoms with Gasteiger partial charge in [0.15, 0.2) is 0 Å². The van der Waals surface area contributed by atoms with Gasteiger partial charge in [-0.1, -0.05) is 30.3 Å². The minimum Gasteiger partial charge on any atom is -0.496 e. The SMILES string of the molecule is COc1cc2c(cc1CN[C@H]1CCCN(C(=O)OC(C)(C)C)[C@H]1c1ccccc1)[C@@H](C(F)(F)F)CC2. The van der Waals surface area contributed by atoms with Crippen molar-refractivity contribution in [3.8, 4) is 5.75 Å². The van der Waals surface area contributed by atoms with Crippen molar-refractivity contribution in [2.45, 2.75) is 82.8 Å². The third-order valence-corrected chi connectivity index (χ3v) is 6.97. The van der Waals surface area contributed by atoms with E-state index in [4.69, 9.17) is 9.47 Å². The fraction of sp³-hybridized carbons (Fsp3) is 0.536. The number of halogens is 3. The Bertz CT molecular complexity index is 1070. The number of methoxy groups -OCH3 is 1. The van der Waals surface area contributed by atoms with Crippen molar-refractivity contribution in [3.05, 3.63) is 64.7 Å². The molecule has 1 saturated heterocycles. The molecule has 1 heterocycles. The first kappa shape index (κ1) is 26.3. The smallest absolute Gasteiger partial charge is 0.410 e. The normalized spacial score (nSPS) is 22.3. The monoisotopic (exact) mass is 504 g/mol. The topological polar surface area (TPSA) is 50.8 Å². The maximum Gasteiger partial charge on any atom is 0.410 e. The number of carbonyl (C=O) groups is 1. The second-order valence-corrected chi connectivity index (χ2v) is 10.7. The predicted molar refractivity (Wildman–Crippen MR) is 132 cm³/mol. The highest BCUT2D eigenvalue weighted by Crippen LogP contribution is 2.46. The second kappa shape index (κ2) is 10.3. The third kappa shape index (κ3) is 5.80. The number of ether oxygens (including phenoxy) is 2. The van der Waals surface area contributed by atoms with Gasteiger partial charge in [-0.2, -0.15) is 13.2 Å². The molecule has 1 amide bonds. The van der Waals surface area contributed by atoms with E-state index in [0.29, 0.717) is 42.0 Å². The molecule has 2 aliphatic rings. The van der Waals surface area contributed by atoms with Gasteiger partial charge in [0.1, 0.15) is 11.4 Å². The number of likely N-dealkylation sites (tertiary alicyclic amines) is 1. The Morgan fingerprint density at radius 1 is 1.11 bits per heavy atom. The maximum absolute atomic E-state index is 13.6. The average molecular weight is 505 g/mol. The van der Waals surface area contributed by atoms with Crippen molar-refractivity contribution in [3.63, 3.8) is 0 Å². The zero-order valence-electron chi connectivity index (χ0n) is 21.3. The lowest BCUT2D eigenvalue weighted by Gasteiger charge is -2.42. The molecule has 0 unspecified atom stereocenters. The van der Waals surface area contributed by atoms with Crippen LogP contribution in [0.3, 0.4) is 0 Å². The van der Waals surface area contributed by atoms with Crippen LogP contribution in [0.4, 0.5) is 18.0 Å². The minimum absolute atomic E-state index is 0.0718. The van der Waals surface area contributed by atoms with Gasteiger partial charge in [-0.25, -0.2) is 4.79 Å². The van der Waals surface area contributed by atoms with Gasteiger partial charge in [-0.3, -0.25) is 4.90 Å². The predicted octanol–water partition coefficient (Wildman–Crippen LogP) is 6.52. The van der Waals surface area contributed by atoms with Crippen LogP contribution in [0, 0.1) is 0 Å². The molecule has 1 aliphatic carbocycles. The zero-order valence-corrected chi connectivity index (χ0v) is 21.3. The van der Waals surface area contributed by atoms with Gasteiger partial charge < -0.3 is 14.8 Å². The number of rotatable bonds is 5. The van der Waals surface area contributed by atoms with Crippen molar-refractivity contribution in [1.29, 1.82) is 0 Å². The Morgan fingerprint density at radius 3 is 2.47 bits per heavy atom. The van der Waals surface area contributed by atoms with E-state index in [2.05, 4.69) is 5.32 Å². The molecular formula is C28H35F3N2O3. The van der Waals surface area contributed by atoms with Gasteiger partial charge in [-0.15, -0.1) is 0 Å². The zero-order chi connectivity index (χ0) is 26.1. The highest BCUT2D eigenvalue weighted by atomic mass is 19.4. The fourth-order valence-corrected chi connectivity index (χ4v) is 5.39. The molecule has 196 valence electrons. The number of amides is 1. The molecule has 0 radical (unpaired) electrons. The molecule has 4 rings (SSSR count). The summed E-state index contributed by atoms with van der Waals surface area (Å²) in [7, 11) is 1.54. The molecule has 0 spiro atoms. The van der Waals surface area contributed by atoms with Crippen LogP contribution < -0.4 is 10.1 Å². The van der Waals surface area contributed by atoms with E-state index in [1.54, 1.807) is 24.1 Å². The number of benzene rings is 2. The van der Waals surface area contributed by atoms with E-state index in [1.807, 2.05) is 51.1 Å². The van der Waals surface area contributed by atoms with Crippen LogP contribution in [0.15, 0.2) is 42.5 Å². The van der Waals surface area contributed by atoms with E-state index in [0.717, 1.165) is 18.4 Å². The number of alkyl halides is 3. The number of fused-ring (bicyclic) bond motifs is 1. The molecule has 1 N–H and O–H groups in total. The second-order valence-electron chi connectivity index (χ2n) is 10.7. The van der Waals surface area contributed by atoms with Crippen molar-refractivity contribution >= 4 is 6.09 Å². The van der Waals surface area contributed by atoms with Gasteiger partial charge in [0, 0.05) is 24.7 Å². The molecule has 8 heteroatoms. The largest absolute Gasteiger partial charge is 0.496 e. The first-order valence-corrected chi connectivity index (χ1v) is 12.5. The molecule has 5 nitrogen and oxygen atoms in total. The van der Waals surface area contributed by atoms with Crippen molar-refractivity contribution in [1.82, 2.24) is 10.2 Å². The van der Waals surface area contributed by atoms with E-state index >= 15 is 0 Å². The Labute approximate surface area is 211 Å². The van der Waals surface area contributed by atoms with Gasteiger partial charge in [0.25, 0.3) is 0 Å². The molecule has 2 aromatic rings. The van der Waals surface area contributed by atoms with Crippen LogP contribution in [0.5, 0.6) is 5.75 Å². The fourth-order valence-electron chi connectivity index (χ4n) is 5.39. The summed E-state index contributed by atoms with van der Waals surface area (Å²) in [5.41, 5.74) is 2.10. The summed E-state index contributed by atoms with van der Waals surface area (Å²) in [6.07, 6.45) is -2.56. The molecule has 1 fully saturated rings. The quantitative estimate of drug-likeness (QED) is 0.504. The lowest BCUT2D eigenvalue weighted by molar-refractivity contribution is -0.149. The Kier molecular flexibility index (Phi) is 7.55. The summed E-state index contributed by atoms with van der Waals surface area (Å²) in [4.78, 5) is 14.9. The molecule has 0 bridgehead atoms. The molecular weight excluding hydrogens is 469 g/mol. The number of hydrogen-bond acceptors (Lipinski definition) is 4. The highest BCUT2D eigenvalue weighted by Gasteiger charge is 2.44. The summed E-state index contributed by atoms with van der Waals surface area (Å²) >= 11 is 0. The number of aryl methyl sites for hydroxylation is 1. The van der Waals surface area contributed by atoms with Gasteiger partial charge in [-0.05, 0) is 75.3 Å². The Morgan fingerprint density at radius 2 is 1.83 bits per heavy atom. The minimum atomic E-state index is -4.26. The van der Waals surface area contributed by atoms with E-state index < -0.39 is 17.7 Å². The Balaban J connectivity index is 1.60. The van der Waals surface area contributed by atoms with Gasteiger partial charge in [0.05, 0.1) is 19.1 Å². The van der Waals surface area contributed by atoms with E-state index in [9.17, 15) is 18.0 Å². The van der Waals surface area contributed by atoms with Crippen LogP contribution in [0.2, 0.25) is 0 Å². The molecule has 2 aromatic carbocycles. The molecule has 0 aromatic heterocycles. The van der Waals surface area contributed by atoms with E-state index in [1.165, 1.54) is 0 Å². The van der Waals surface area contributed by atoms with Crippen molar-refractivity contribution < 1.29 is 27.4 Å². The number of piperidine rings is 1. The summed E-state index contributed by atoms with van der Waals surface area (Å²) in [6.45, 7) is 6.43. The maximum atomic E-state index is 13.6. The Hall–Kier alpha value is -2.74. The number of carbonyl (C=O) groups excluding carboxylic acids is 1. The first-order valence-electron chi connectivity index (χ1n) is 12.5. The third-order valence-electron chi connectivity index (χ3n) is 6.97. The summed E-state index contributed by atoms with van der Waals surface area (Å²) in [6, 6.07) is 12.8. The molecule has 36 heavy (non-hydrogen) atoms. The van der Waals surface area contributed by atoms with Gasteiger partial charge in [0.2, 0.25) is 0 Å². The summed E-state index contributed by atoms with van der Waals surface area (Å²) < 4.78 is 52.1. The van der Waals surface area contributed by atoms with Crippen molar-refractivity contribution in [2.75, 3.05) is 13.7 Å². The molecule has 1 aliphatic heterocycles. The van der Waals surface area contributed by atoms with Crippen LogP contribution in [-0.4, -0.2) is 42.5 Å². The molecule has 3 atom stereocenters.